The Kier molecular flexibility index (Phi) is 7.16. The third kappa shape index (κ3) is 8.17. The summed E-state index contributed by atoms with van der Waals surface area (Å²) in [5.41, 5.74) is -3.23. The number of carbonyl (C=O) groups is 3. The molecule has 8 heteroatoms. The summed E-state index contributed by atoms with van der Waals surface area (Å²) in [6.45, 7) is 14.7. The molecule has 0 aliphatic rings. The van der Waals surface area contributed by atoms with Crippen LogP contribution >= 0.6 is 0 Å². The van der Waals surface area contributed by atoms with Gasteiger partial charge in [-0.05, 0) is 68.4 Å². The second-order valence-corrected chi connectivity index (χ2v) is 9.59. The minimum absolute atomic E-state index is 0.145. The van der Waals surface area contributed by atoms with Crippen LogP contribution in [0.3, 0.4) is 0 Å². The van der Waals surface area contributed by atoms with Crippen LogP contribution in [0.5, 0.6) is 0 Å². The van der Waals surface area contributed by atoms with Crippen molar-refractivity contribution in [3.8, 4) is 0 Å². The molecule has 7 nitrogen and oxygen atoms in total. The number of hydrogen-bond donors (Lipinski definition) is 0. The number of rotatable bonds is 4. The number of ether oxygens (including phenoxy) is 3. The van der Waals surface area contributed by atoms with E-state index in [1.165, 1.54) is 0 Å². The van der Waals surface area contributed by atoms with Crippen molar-refractivity contribution in [1.82, 2.24) is 4.98 Å². The minimum Gasteiger partial charge on any atom is -0.459 e. The van der Waals surface area contributed by atoms with E-state index in [1.807, 2.05) is 0 Å². The molecular formula is C21H30FNO6. The van der Waals surface area contributed by atoms with Crippen molar-refractivity contribution in [2.24, 2.45) is 0 Å². The molecule has 0 aromatic carbocycles. The second-order valence-electron chi connectivity index (χ2n) is 9.59. The Bertz CT molecular complexity index is 756. The zero-order valence-corrected chi connectivity index (χ0v) is 18.5. The predicted molar refractivity (Wildman–Crippen MR) is 104 cm³/mol. The Balaban J connectivity index is 3.32. The van der Waals surface area contributed by atoms with Gasteiger partial charge < -0.3 is 14.2 Å². The van der Waals surface area contributed by atoms with Gasteiger partial charge in [0.1, 0.15) is 28.3 Å². The van der Waals surface area contributed by atoms with Gasteiger partial charge in [-0.25, -0.2) is 9.18 Å². The normalized spacial score (nSPS) is 12.5. The van der Waals surface area contributed by atoms with Crippen LogP contribution in [0.2, 0.25) is 0 Å². The number of halogens is 1. The van der Waals surface area contributed by atoms with Gasteiger partial charge in [-0.15, -0.1) is 0 Å². The smallest absolute Gasteiger partial charge is 0.340 e. The molecule has 0 N–H and O–H groups in total. The maximum atomic E-state index is 14.8. The fourth-order valence-electron chi connectivity index (χ4n) is 2.15. The van der Waals surface area contributed by atoms with Crippen LogP contribution in [0.15, 0.2) is 12.3 Å². The van der Waals surface area contributed by atoms with Crippen molar-refractivity contribution in [2.75, 3.05) is 0 Å². The zero-order chi connectivity index (χ0) is 22.8. The van der Waals surface area contributed by atoms with Crippen molar-refractivity contribution in [3.05, 3.63) is 29.3 Å². The van der Waals surface area contributed by atoms with Gasteiger partial charge in [0, 0.05) is 6.20 Å². The van der Waals surface area contributed by atoms with E-state index in [0.717, 1.165) is 12.3 Å². The first-order valence-corrected chi connectivity index (χ1v) is 9.24. The predicted octanol–water partition coefficient (Wildman–Crippen LogP) is 3.94. The van der Waals surface area contributed by atoms with Crippen LogP contribution in [0.25, 0.3) is 0 Å². The fourth-order valence-corrected chi connectivity index (χ4v) is 2.15. The lowest BCUT2D eigenvalue weighted by molar-refractivity contribution is -0.169. The monoisotopic (exact) mass is 411 g/mol. The number of esters is 3. The maximum absolute atomic E-state index is 14.8. The van der Waals surface area contributed by atoms with Crippen LogP contribution in [0.4, 0.5) is 4.39 Å². The molecule has 0 radical (unpaired) electrons. The van der Waals surface area contributed by atoms with E-state index in [4.69, 9.17) is 14.2 Å². The van der Waals surface area contributed by atoms with E-state index in [1.54, 1.807) is 62.3 Å². The van der Waals surface area contributed by atoms with Gasteiger partial charge in [0.15, 0.2) is 5.92 Å². The molecule has 0 aliphatic carbocycles. The van der Waals surface area contributed by atoms with Crippen LogP contribution in [-0.2, 0) is 23.8 Å². The Hall–Kier alpha value is -2.51. The van der Waals surface area contributed by atoms with Gasteiger partial charge in [0.05, 0.1) is 5.56 Å². The van der Waals surface area contributed by atoms with Crippen LogP contribution < -0.4 is 0 Å². The van der Waals surface area contributed by atoms with E-state index in [-0.39, 0.29) is 5.56 Å². The summed E-state index contributed by atoms with van der Waals surface area (Å²) in [4.78, 5) is 41.2. The van der Waals surface area contributed by atoms with Gasteiger partial charge in [0.25, 0.3) is 0 Å². The number of carbonyl (C=O) groups excluding carboxylic acids is 3. The van der Waals surface area contributed by atoms with Gasteiger partial charge in [-0.2, -0.15) is 0 Å². The van der Waals surface area contributed by atoms with E-state index in [2.05, 4.69) is 4.98 Å². The Morgan fingerprint density at radius 1 is 0.828 bits per heavy atom. The quantitative estimate of drug-likeness (QED) is 0.421. The van der Waals surface area contributed by atoms with E-state index < -0.39 is 52.1 Å². The Morgan fingerprint density at radius 2 is 1.24 bits per heavy atom. The Morgan fingerprint density at radius 3 is 1.59 bits per heavy atom. The highest BCUT2D eigenvalue weighted by molar-refractivity contribution is 6.01. The molecule has 1 aromatic rings. The summed E-state index contributed by atoms with van der Waals surface area (Å²) >= 11 is 0. The SMILES string of the molecule is CC(C)(C)OC(=O)c1cnc(C(C(=O)OC(C)(C)C)C(=O)OC(C)(C)C)c(F)c1. The zero-order valence-electron chi connectivity index (χ0n) is 18.5. The summed E-state index contributed by atoms with van der Waals surface area (Å²) < 4.78 is 30.5. The first-order valence-electron chi connectivity index (χ1n) is 9.24. The van der Waals surface area contributed by atoms with Gasteiger partial charge in [-0.1, -0.05) is 0 Å². The molecule has 0 spiro atoms. The molecular weight excluding hydrogens is 381 g/mol. The summed E-state index contributed by atoms with van der Waals surface area (Å²) in [6.07, 6.45) is 1.05. The largest absolute Gasteiger partial charge is 0.459 e. The topological polar surface area (TPSA) is 91.8 Å². The van der Waals surface area contributed by atoms with Crippen LogP contribution in [-0.4, -0.2) is 39.7 Å². The highest BCUT2D eigenvalue weighted by atomic mass is 19.1. The lowest BCUT2D eigenvalue weighted by Gasteiger charge is -2.26. The Labute approximate surface area is 170 Å². The number of pyridine rings is 1. The van der Waals surface area contributed by atoms with Crippen LogP contribution in [0.1, 0.15) is 84.3 Å². The molecule has 29 heavy (non-hydrogen) atoms. The fraction of sp³-hybridized carbons (Fsp3) is 0.619. The summed E-state index contributed by atoms with van der Waals surface area (Å²) in [6, 6.07) is 0.873. The van der Waals surface area contributed by atoms with Crippen LogP contribution in [0, 0.1) is 5.82 Å². The molecule has 0 atom stereocenters. The van der Waals surface area contributed by atoms with E-state index >= 15 is 0 Å². The molecule has 0 saturated heterocycles. The molecule has 1 aromatic heterocycles. The van der Waals surface area contributed by atoms with Gasteiger partial charge in [-0.3, -0.25) is 14.6 Å². The average molecular weight is 411 g/mol. The third-order valence-corrected chi connectivity index (χ3v) is 3.06. The molecule has 1 heterocycles. The van der Waals surface area contributed by atoms with Crippen molar-refractivity contribution in [1.29, 1.82) is 0 Å². The molecule has 0 fully saturated rings. The van der Waals surface area contributed by atoms with Crippen molar-refractivity contribution in [3.63, 3.8) is 0 Å². The lowest BCUT2D eigenvalue weighted by Crippen LogP contribution is -2.36. The summed E-state index contributed by atoms with van der Waals surface area (Å²) in [7, 11) is 0. The number of nitrogens with zero attached hydrogens (tertiary/aromatic N) is 1. The lowest BCUT2D eigenvalue weighted by atomic mass is 10.0. The van der Waals surface area contributed by atoms with Crippen molar-refractivity contribution < 1.29 is 33.0 Å². The maximum Gasteiger partial charge on any atom is 0.340 e. The van der Waals surface area contributed by atoms with Crippen molar-refractivity contribution in [2.45, 2.75) is 85.0 Å². The van der Waals surface area contributed by atoms with Gasteiger partial charge >= 0.3 is 17.9 Å². The molecule has 0 saturated carbocycles. The minimum atomic E-state index is -1.74. The van der Waals surface area contributed by atoms with E-state index in [0.29, 0.717) is 0 Å². The molecule has 0 aliphatic heterocycles. The molecule has 1 rings (SSSR count). The molecule has 0 unspecified atom stereocenters. The third-order valence-electron chi connectivity index (χ3n) is 3.06. The highest BCUT2D eigenvalue weighted by Crippen LogP contribution is 2.26. The van der Waals surface area contributed by atoms with E-state index in [9.17, 15) is 18.8 Å². The molecule has 0 amide bonds. The van der Waals surface area contributed by atoms with Crippen molar-refractivity contribution >= 4 is 17.9 Å². The summed E-state index contributed by atoms with van der Waals surface area (Å²) in [5.74, 6) is -5.52. The standard InChI is InChI=1S/C21H30FNO6/c1-19(2,3)27-16(24)12-10-13(22)15(23-11-12)14(17(25)28-20(4,5)6)18(26)29-21(7,8)9/h10-11,14H,1-9H3. The highest BCUT2D eigenvalue weighted by Gasteiger charge is 2.39. The molecule has 162 valence electrons. The van der Waals surface area contributed by atoms with Gasteiger partial charge in [0.2, 0.25) is 0 Å². The number of hydrogen-bond acceptors (Lipinski definition) is 7. The second kappa shape index (κ2) is 8.47. The first-order chi connectivity index (χ1) is 12.9. The molecule has 0 bridgehead atoms. The average Bonchev–Trinajstić information content (AvgIpc) is 2.43. The summed E-state index contributed by atoms with van der Waals surface area (Å²) in [5, 5.41) is 0. The first kappa shape index (κ1) is 24.5. The number of aromatic nitrogens is 1.